The van der Waals surface area contributed by atoms with E-state index in [0.29, 0.717) is 0 Å². The maximum Gasteiger partial charge on any atom is 0.0618 e. The van der Waals surface area contributed by atoms with Gasteiger partial charge < -0.3 is 18.9 Å². The molecule has 0 amide bonds. The Hall–Kier alpha value is -9.38. The van der Waals surface area contributed by atoms with Crippen LogP contribution in [-0.4, -0.2) is 9.13 Å². The number of aromatic nitrogens is 2. The maximum absolute atomic E-state index is 2.48. The summed E-state index contributed by atoms with van der Waals surface area (Å²) in [6.07, 6.45) is 0. The zero-order valence-corrected chi connectivity index (χ0v) is 38.2. The lowest BCUT2D eigenvalue weighted by Gasteiger charge is -2.30. The Bertz CT molecular complexity index is 4290. The highest BCUT2D eigenvalue weighted by Crippen LogP contribution is 2.49. The van der Waals surface area contributed by atoms with Crippen LogP contribution in [0.2, 0.25) is 0 Å². The van der Waals surface area contributed by atoms with Gasteiger partial charge in [0.05, 0.1) is 33.4 Å². The summed E-state index contributed by atoms with van der Waals surface area (Å²) < 4.78 is 4.77. The summed E-state index contributed by atoms with van der Waals surface area (Å²) in [5, 5.41) is 12.0. The Kier molecular flexibility index (Phi) is 9.17. The average Bonchev–Trinajstić information content (AvgIpc) is 3.94. The molecule has 4 nitrogen and oxygen atoms in total. The minimum absolute atomic E-state index is 1.10. The van der Waals surface area contributed by atoms with E-state index in [1.54, 1.807) is 0 Å². The van der Waals surface area contributed by atoms with Crippen LogP contribution in [0.25, 0.3) is 87.3 Å². The van der Waals surface area contributed by atoms with Crippen LogP contribution in [0.4, 0.5) is 34.1 Å². The lowest BCUT2D eigenvalue weighted by molar-refractivity contribution is 1.18. The second-order valence-corrected chi connectivity index (χ2v) is 18.1. The number of fused-ring (bicyclic) bond motifs is 10. The van der Waals surface area contributed by atoms with E-state index in [1.807, 2.05) is 0 Å². The molecule has 0 fully saturated rings. The second-order valence-electron chi connectivity index (χ2n) is 18.1. The predicted molar refractivity (Wildman–Crippen MR) is 297 cm³/mol. The molecule has 0 N–H and O–H groups in total. The highest BCUT2D eigenvalue weighted by Gasteiger charge is 2.24. The van der Waals surface area contributed by atoms with E-state index in [2.05, 4.69) is 286 Å². The molecule has 4 heteroatoms. The summed E-state index contributed by atoms with van der Waals surface area (Å²) in [6, 6.07) is 97.3. The summed E-state index contributed by atoms with van der Waals surface area (Å²) in [4.78, 5) is 4.91. The number of benzene rings is 12. The van der Waals surface area contributed by atoms with Crippen molar-refractivity contribution in [3.05, 3.63) is 267 Å². The molecule has 328 valence electrons. The number of anilines is 6. The summed E-state index contributed by atoms with van der Waals surface area (Å²) >= 11 is 0. The van der Waals surface area contributed by atoms with Gasteiger partial charge in [0.2, 0.25) is 0 Å². The normalized spacial score (nSPS) is 11.7. The third-order valence-electron chi connectivity index (χ3n) is 14.2. The smallest absolute Gasteiger partial charge is 0.0618 e. The topological polar surface area (TPSA) is 16.3 Å². The van der Waals surface area contributed by atoms with Gasteiger partial charge in [-0.2, -0.15) is 0 Å². The lowest BCUT2D eigenvalue weighted by Crippen LogP contribution is -2.12. The van der Waals surface area contributed by atoms with Crippen molar-refractivity contribution in [2.24, 2.45) is 0 Å². The summed E-state index contributed by atoms with van der Waals surface area (Å²) in [5.41, 5.74) is 13.7. The third-order valence-corrected chi connectivity index (χ3v) is 14.2. The summed E-state index contributed by atoms with van der Waals surface area (Å²) in [6.45, 7) is 0. The minimum Gasteiger partial charge on any atom is -0.310 e. The van der Waals surface area contributed by atoms with E-state index in [9.17, 15) is 0 Å². The molecule has 0 unspecified atom stereocenters. The van der Waals surface area contributed by atoms with Gasteiger partial charge in [0, 0.05) is 71.8 Å². The SMILES string of the molecule is c1ccc(N(c2ccc3c(c2)c2ccccc2n3-c2ccccc2)c2cccc3c2ccc2c(N(c4ccccc4)c4ccc5c(c4)c4ccccc4n5-c4ccccc4)c4ccccc4cc23)cc1. The number of para-hydroxylation sites is 6. The highest BCUT2D eigenvalue weighted by atomic mass is 15.2. The zero-order valence-electron chi connectivity index (χ0n) is 38.2. The summed E-state index contributed by atoms with van der Waals surface area (Å²) in [7, 11) is 0. The fraction of sp³-hybridized carbons (Fsp3) is 0. The molecule has 12 aromatic carbocycles. The molecule has 0 bridgehead atoms. The van der Waals surface area contributed by atoms with Gasteiger partial charge >= 0.3 is 0 Å². The number of nitrogens with zero attached hydrogens (tertiary/aromatic N) is 4. The van der Waals surface area contributed by atoms with Gasteiger partial charge in [-0.1, -0.05) is 158 Å². The van der Waals surface area contributed by atoms with Gasteiger partial charge in [0.15, 0.2) is 0 Å². The van der Waals surface area contributed by atoms with Gasteiger partial charge in [-0.05, 0) is 125 Å². The molecule has 0 radical (unpaired) electrons. The standard InChI is InChI=1S/C66H44N4/c1-5-21-46(22-6-1)67(50-36-40-64-59(43-50)54-30-15-17-33-62(54)69(64)48-25-9-3-10-26-48)61-35-19-32-53-56(61)38-39-57-58(53)42-45-20-13-14-29-52(45)66(57)68(47-23-7-2-8-24-47)51-37-41-65-60(44-51)55-31-16-18-34-63(55)70(65)49-27-11-4-12-28-49/h1-44H. The Balaban J connectivity index is 1.000. The molecule has 2 heterocycles. The molecule has 0 atom stereocenters. The van der Waals surface area contributed by atoms with Crippen LogP contribution in [0.3, 0.4) is 0 Å². The van der Waals surface area contributed by atoms with Crippen molar-refractivity contribution in [2.75, 3.05) is 9.80 Å². The van der Waals surface area contributed by atoms with Crippen molar-refractivity contribution >= 4 is 110 Å². The first kappa shape index (κ1) is 39.8. The first-order valence-electron chi connectivity index (χ1n) is 24.0. The van der Waals surface area contributed by atoms with Crippen molar-refractivity contribution < 1.29 is 0 Å². The molecule has 0 spiro atoms. The molecule has 0 aliphatic heterocycles. The van der Waals surface area contributed by atoms with Crippen LogP contribution in [0.5, 0.6) is 0 Å². The van der Waals surface area contributed by atoms with Crippen LogP contribution in [0, 0.1) is 0 Å². The number of rotatable bonds is 8. The first-order valence-corrected chi connectivity index (χ1v) is 24.0. The maximum atomic E-state index is 2.48. The highest BCUT2D eigenvalue weighted by molar-refractivity contribution is 6.23. The van der Waals surface area contributed by atoms with E-state index in [0.717, 1.165) is 45.5 Å². The van der Waals surface area contributed by atoms with Crippen molar-refractivity contribution in [3.63, 3.8) is 0 Å². The van der Waals surface area contributed by atoms with Crippen LogP contribution in [0.1, 0.15) is 0 Å². The van der Waals surface area contributed by atoms with Crippen molar-refractivity contribution in [2.45, 2.75) is 0 Å². The van der Waals surface area contributed by atoms with E-state index < -0.39 is 0 Å². The third kappa shape index (κ3) is 6.24. The van der Waals surface area contributed by atoms with Crippen LogP contribution < -0.4 is 9.80 Å². The van der Waals surface area contributed by atoms with Crippen molar-refractivity contribution in [1.29, 1.82) is 0 Å². The minimum atomic E-state index is 1.10. The fourth-order valence-electron chi connectivity index (χ4n) is 11.2. The lowest BCUT2D eigenvalue weighted by atomic mass is 9.94. The first-order chi connectivity index (χ1) is 34.8. The van der Waals surface area contributed by atoms with Gasteiger partial charge in [0.1, 0.15) is 0 Å². The Morgan fingerprint density at radius 2 is 0.671 bits per heavy atom. The second kappa shape index (κ2) is 16.2. The average molecular weight is 893 g/mol. The molecule has 70 heavy (non-hydrogen) atoms. The van der Waals surface area contributed by atoms with Crippen molar-refractivity contribution in [1.82, 2.24) is 9.13 Å². The van der Waals surface area contributed by atoms with Gasteiger partial charge in [-0.25, -0.2) is 0 Å². The Morgan fingerprint density at radius 3 is 1.26 bits per heavy atom. The molecule has 0 aliphatic rings. The van der Waals surface area contributed by atoms with Gasteiger partial charge in [-0.15, -0.1) is 0 Å². The molecule has 0 saturated carbocycles. The summed E-state index contributed by atoms with van der Waals surface area (Å²) in [5.74, 6) is 0. The van der Waals surface area contributed by atoms with Crippen LogP contribution in [0.15, 0.2) is 267 Å². The molecular weight excluding hydrogens is 849 g/mol. The largest absolute Gasteiger partial charge is 0.310 e. The van der Waals surface area contributed by atoms with Crippen LogP contribution >= 0.6 is 0 Å². The van der Waals surface area contributed by atoms with Crippen LogP contribution in [-0.2, 0) is 0 Å². The van der Waals surface area contributed by atoms with E-state index in [4.69, 9.17) is 0 Å². The molecular formula is C66H44N4. The fourth-order valence-corrected chi connectivity index (χ4v) is 11.2. The van der Waals surface area contributed by atoms with E-state index in [1.165, 1.54) is 75.9 Å². The molecule has 14 rings (SSSR count). The molecule has 0 saturated heterocycles. The van der Waals surface area contributed by atoms with Gasteiger partial charge in [0.25, 0.3) is 0 Å². The molecule has 2 aromatic heterocycles. The quantitative estimate of drug-likeness (QED) is 0.112. The molecule has 0 aliphatic carbocycles. The van der Waals surface area contributed by atoms with Crippen molar-refractivity contribution in [3.8, 4) is 11.4 Å². The monoisotopic (exact) mass is 892 g/mol. The Morgan fingerprint density at radius 1 is 0.229 bits per heavy atom. The zero-order chi connectivity index (χ0) is 46.1. The van der Waals surface area contributed by atoms with Gasteiger partial charge in [-0.3, -0.25) is 0 Å². The Labute approximate surface area is 405 Å². The number of hydrogen-bond acceptors (Lipinski definition) is 2. The molecule has 14 aromatic rings. The van der Waals surface area contributed by atoms with E-state index in [-0.39, 0.29) is 0 Å². The predicted octanol–water partition coefficient (Wildman–Crippen LogP) is 18.3. The number of hydrogen-bond donors (Lipinski definition) is 0. The van der Waals surface area contributed by atoms with E-state index >= 15 is 0 Å².